The van der Waals surface area contributed by atoms with Gasteiger partial charge in [0, 0.05) is 12.0 Å². The van der Waals surface area contributed by atoms with Crippen molar-refractivity contribution in [1.82, 2.24) is 0 Å². The summed E-state index contributed by atoms with van der Waals surface area (Å²) in [6.45, 7) is 0.913. The van der Waals surface area contributed by atoms with Gasteiger partial charge < -0.3 is 10.5 Å². The van der Waals surface area contributed by atoms with E-state index in [1.165, 1.54) is 12.1 Å². The average molecular weight is 259 g/mol. The van der Waals surface area contributed by atoms with Crippen molar-refractivity contribution in [3.63, 3.8) is 0 Å². The molecule has 5 heteroatoms. The highest BCUT2D eigenvalue weighted by molar-refractivity contribution is 5.30. The summed E-state index contributed by atoms with van der Waals surface area (Å²) in [5.41, 5.74) is 4.95. The van der Waals surface area contributed by atoms with Gasteiger partial charge in [0.2, 0.25) is 0 Å². The normalized spacial score (nSPS) is 18.2. The number of halogens is 3. The predicted octanol–water partition coefficient (Wildman–Crippen LogP) is 3.21. The first-order valence-electron chi connectivity index (χ1n) is 5.95. The Balaban J connectivity index is 2.01. The van der Waals surface area contributed by atoms with Crippen LogP contribution in [0.5, 0.6) is 5.75 Å². The molecule has 1 aliphatic rings. The molecule has 2 nitrogen and oxygen atoms in total. The molecule has 1 fully saturated rings. The Kier molecular flexibility index (Phi) is 3.52. The Bertz CT molecular complexity index is 407. The van der Waals surface area contributed by atoms with E-state index in [0.717, 1.165) is 31.4 Å². The van der Waals surface area contributed by atoms with Crippen LogP contribution in [0.4, 0.5) is 13.2 Å². The lowest BCUT2D eigenvalue weighted by Crippen LogP contribution is -2.42. The largest absolute Gasteiger partial charge is 0.493 e. The minimum atomic E-state index is -4.33. The fourth-order valence-corrected chi connectivity index (χ4v) is 2.08. The van der Waals surface area contributed by atoms with Crippen LogP contribution in [-0.4, -0.2) is 13.2 Å². The molecule has 1 aromatic rings. The molecule has 0 radical (unpaired) electrons. The van der Waals surface area contributed by atoms with E-state index in [9.17, 15) is 13.2 Å². The molecular formula is C13H16F3NO. The average Bonchev–Trinajstić information content (AvgIpc) is 2.27. The van der Waals surface area contributed by atoms with Crippen molar-refractivity contribution in [2.75, 3.05) is 13.2 Å². The zero-order valence-electron chi connectivity index (χ0n) is 9.96. The molecule has 1 aromatic carbocycles. The van der Waals surface area contributed by atoms with Crippen molar-refractivity contribution in [3.8, 4) is 5.75 Å². The first-order valence-corrected chi connectivity index (χ1v) is 5.95. The second kappa shape index (κ2) is 4.80. The molecule has 100 valence electrons. The lowest BCUT2D eigenvalue weighted by Gasteiger charge is -2.40. The molecule has 0 heterocycles. The van der Waals surface area contributed by atoms with E-state index in [2.05, 4.69) is 0 Å². The number of hydrogen-bond acceptors (Lipinski definition) is 2. The Labute approximate surface area is 104 Å². The van der Waals surface area contributed by atoms with Gasteiger partial charge in [-0.05, 0) is 31.0 Å². The smallest absolute Gasteiger partial charge is 0.416 e. The third-order valence-electron chi connectivity index (χ3n) is 3.55. The van der Waals surface area contributed by atoms with Gasteiger partial charge in [0.15, 0.2) is 0 Å². The quantitative estimate of drug-likeness (QED) is 0.901. The topological polar surface area (TPSA) is 35.2 Å². The lowest BCUT2D eigenvalue weighted by atomic mass is 9.69. The van der Waals surface area contributed by atoms with Crippen LogP contribution in [-0.2, 0) is 6.18 Å². The van der Waals surface area contributed by atoms with E-state index in [0.29, 0.717) is 13.2 Å². The van der Waals surface area contributed by atoms with E-state index >= 15 is 0 Å². The summed E-state index contributed by atoms with van der Waals surface area (Å²) in [7, 11) is 0. The van der Waals surface area contributed by atoms with Gasteiger partial charge in [-0.15, -0.1) is 0 Å². The zero-order chi connectivity index (χ0) is 13.2. The van der Waals surface area contributed by atoms with Crippen LogP contribution < -0.4 is 10.5 Å². The maximum atomic E-state index is 12.5. The minimum Gasteiger partial charge on any atom is -0.493 e. The van der Waals surface area contributed by atoms with Crippen LogP contribution in [0.3, 0.4) is 0 Å². The van der Waals surface area contributed by atoms with E-state index in [4.69, 9.17) is 10.5 Å². The predicted molar refractivity (Wildman–Crippen MR) is 62.3 cm³/mol. The molecule has 2 N–H and O–H groups in total. The van der Waals surface area contributed by atoms with Crippen molar-refractivity contribution in [1.29, 1.82) is 0 Å². The third-order valence-corrected chi connectivity index (χ3v) is 3.55. The number of benzene rings is 1. The molecule has 18 heavy (non-hydrogen) atoms. The third kappa shape index (κ3) is 2.77. The number of alkyl halides is 3. The first-order chi connectivity index (χ1) is 8.45. The summed E-state index contributed by atoms with van der Waals surface area (Å²) in [6, 6.07) is 4.96. The second-order valence-corrected chi connectivity index (χ2v) is 4.87. The molecule has 0 saturated heterocycles. The van der Waals surface area contributed by atoms with Crippen LogP contribution in [0.25, 0.3) is 0 Å². The summed E-state index contributed by atoms with van der Waals surface area (Å²) in [6.07, 6.45) is -1.24. The molecule has 0 unspecified atom stereocenters. The van der Waals surface area contributed by atoms with Gasteiger partial charge in [0.05, 0.1) is 12.2 Å². The van der Waals surface area contributed by atoms with Gasteiger partial charge in [-0.3, -0.25) is 0 Å². The summed E-state index contributed by atoms with van der Waals surface area (Å²) in [4.78, 5) is 0. The molecule has 1 aliphatic carbocycles. The highest BCUT2D eigenvalue weighted by atomic mass is 19.4. The van der Waals surface area contributed by atoms with Gasteiger partial charge in [-0.25, -0.2) is 0 Å². The standard InChI is InChI=1S/C13H16F3NO/c14-13(15,16)10-3-1-4-11(7-10)18-9-12(8-17)5-2-6-12/h1,3-4,7H,2,5-6,8-9,17H2. The van der Waals surface area contributed by atoms with E-state index in [-0.39, 0.29) is 11.2 Å². The fraction of sp³-hybridized carbons (Fsp3) is 0.538. The van der Waals surface area contributed by atoms with Crippen molar-refractivity contribution < 1.29 is 17.9 Å². The minimum absolute atomic E-state index is 0.0335. The number of nitrogens with two attached hydrogens (primary N) is 1. The van der Waals surface area contributed by atoms with Crippen molar-refractivity contribution in [3.05, 3.63) is 29.8 Å². The van der Waals surface area contributed by atoms with Crippen molar-refractivity contribution in [2.24, 2.45) is 11.1 Å². The van der Waals surface area contributed by atoms with Crippen molar-refractivity contribution in [2.45, 2.75) is 25.4 Å². The SMILES string of the molecule is NCC1(COc2cccc(C(F)(F)F)c2)CCC1. The van der Waals surface area contributed by atoms with Gasteiger partial charge in [-0.1, -0.05) is 12.5 Å². The molecular weight excluding hydrogens is 243 g/mol. The lowest BCUT2D eigenvalue weighted by molar-refractivity contribution is -0.137. The number of ether oxygens (including phenoxy) is 1. The van der Waals surface area contributed by atoms with Crippen LogP contribution in [0.15, 0.2) is 24.3 Å². The summed E-state index contributed by atoms with van der Waals surface area (Å²) >= 11 is 0. The summed E-state index contributed by atoms with van der Waals surface area (Å²) in [5, 5.41) is 0. The van der Waals surface area contributed by atoms with Gasteiger partial charge in [0.25, 0.3) is 0 Å². The number of hydrogen-bond donors (Lipinski definition) is 1. The van der Waals surface area contributed by atoms with Gasteiger partial charge >= 0.3 is 6.18 Å². The highest BCUT2D eigenvalue weighted by Gasteiger charge is 2.36. The highest BCUT2D eigenvalue weighted by Crippen LogP contribution is 2.40. The van der Waals surface area contributed by atoms with Gasteiger partial charge in [0.1, 0.15) is 5.75 Å². The first kappa shape index (κ1) is 13.2. The maximum absolute atomic E-state index is 12.5. The Hall–Kier alpha value is -1.23. The Morgan fingerprint density at radius 3 is 2.50 bits per heavy atom. The fourth-order valence-electron chi connectivity index (χ4n) is 2.08. The van der Waals surface area contributed by atoms with Crippen LogP contribution in [0.1, 0.15) is 24.8 Å². The Morgan fingerprint density at radius 1 is 1.28 bits per heavy atom. The van der Waals surface area contributed by atoms with E-state index in [1.54, 1.807) is 0 Å². The van der Waals surface area contributed by atoms with Crippen molar-refractivity contribution >= 4 is 0 Å². The van der Waals surface area contributed by atoms with E-state index < -0.39 is 11.7 Å². The van der Waals surface area contributed by atoms with Crippen LogP contribution >= 0.6 is 0 Å². The molecule has 1 saturated carbocycles. The molecule has 0 spiro atoms. The van der Waals surface area contributed by atoms with E-state index in [1.807, 2.05) is 0 Å². The number of rotatable bonds is 4. The second-order valence-electron chi connectivity index (χ2n) is 4.87. The molecule has 0 amide bonds. The monoisotopic (exact) mass is 259 g/mol. The molecule has 0 aromatic heterocycles. The van der Waals surface area contributed by atoms with Gasteiger partial charge in [-0.2, -0.15) is 13.2 Å². The van der Waals surface area contributed by atoms with Crippen LogP contribution in [0.2, 0.25) is 0 Å². The van der Waals surface area contributed by atoms with Crippen LogP contribution in [0, 0.1) is 5.41 Å². The summed E-state index contributed by atoms with van der Waals surface area (Å²) in [5.74, 6) is 0.254. The Morgan fingerprint density at radius 2 is 2.00 bits per heavy atom. The molecule has 2 rings (SSSR count). The molecule has 0 atom stereocenters. The maximum Gasteiger partial charge on any atom is 0.416 e. The molecule has 0 aliphatic heterocycles. The zero-order valence-corrected chi connectivity index (χ0v) is 9.96. The molecule has 0 bridgehead atoms. The summed E-state index contributed by atoms with van der Waals surface area (Å²) < 4.78 is 43.0.